The van der Waals surface area contributed by atoms with Crippen molar-refractivity contribution in [3.63, 3.8) is 0 Å². The molecular formula is C22H48N2O7P+. The quantitative estimate of drug-likeness (QED) is 0.172. The van der Waals surface area contributed by atoms with E-state index in [1.54, 1.807) is 27.7 Å². The van der Waals surface area contributed by atoms with Gasteiger partial charge in [-0.25, -0.2) is 0 Å². The molecule has 10 heteroatoms. The van der Waals surface area contributed by atoms with E-state index in [1.807, 2.05) is 37.5 Å². The average Bonchev–Trinajstić information content (AvgIpc) is 2.68. The summed E-state index contributed by atoms with van der Waals surface area (Å²) in [7, 11) is -2.60. The fraction of sp³-hybridized carbons (Fsp3) is 1.00. The van der Waals surface area contributed by atoms with Gasteiger partial charge in [0.2, 0.25) is 0 Å². The maximum atomic E-state index is 13.3. The number of aliphatic hydroxyl groups is 4. The van der Waals surface area contributed by atoms with Crippen LogP contribution in [0.15, 0.2) is 0 Å². The van der Waals surface area contributed by atoms with E-state index in [2.05, 4.69) is 0 Å². The van der Waals surface area contributed by atoms with Gasteiger partial charge in [0.25, 0.3) is 0 Å². The van der Waals surface area contributed by atoms with Gasteiger partial charge in [0.1, 0.15) is 0 Å². The second kappa shape index (κ2) is 14.9. The molecule has 4 atom stereocenters. The molecule has 192 valence electrons. The highest BCUT2D eigenvalue weighted by molar-refractivity contribution is 7.33. The highest BCUT2D eigenvalue weighted by Crippen LogP contribution is 2.44. The van der Waals surface area contributed by atoms with E-state index in [1.165, 1.54) is 0 Å². The van der Waals surface area contributed by atoms with E-state index in [4.69, 9.17) is 9.05 Å². The van der Waals surface area contributed by atoms with Gasteiger partial charge in [0.15, 0.2) is 11.4 Å². The highest BCUT2D eigenvalue weighted by atomic mass is 31.1. The number of hydrogen-bond donors (Lipinski definition) is 4. The molecule has 9 nitrogen and oxygen atoms in total. The zero-order valence-electron chi connectivity index (χ0n) is 21.3. The highest BCUT2D eigenvalue weighted by Gasteiger charge is 2.50. The van der Waals surface area contributed by atoms with Gasteiger partial charge in [-0.2, -0.15) is 0 Å². The Balaban J connectivity index is 5.91. The van der Waals surface area contributed by atoms with E-state index in [0.717, 1.165) is 0 Å². The van der Waals surface area contributed by atoms with Gasteiger partial charge in [0.05, 0.1) is 24.4 Å². The summed E-state index contributed by atoms with van der Waals surface area (Å²) in [5.74, 6) is 0. The molecule has 4 N–H and O–H groups in total. The topological polar surface area (TPSA) is 123 Å². The first-order valence-corrected chi connectivity index (χ1v) is 13.0. The predicted molar refractivity (Wildman–Crippen MR) is 126 cm³/mol. The van der Waals surface area contributed by atoms with Crippen LogP contribution < -0.4 is 0 Å². The Morgan fingerprint density at radius 3 is 1.00 bits per heavy atom. The van der Waals surface area contributed by atoms with Crippen LogP contribution in [0.3, 0.4) is 0 Å². The number of aliphatic hydroxyl groups excluding tert-OH is 4. The van der Waals surface area contributed by atoms with Crippen molar-refractivity contribution in [2.24, 2.45) is 0 Å². The van der Waals surface area contributed by atoms with Crippen molar-refractivity contribution in [3.05, 3.63) is 0 Å². The normalized spacial score (nSPS) is 17.5. The van der Waals surface area contributed by atoms with E-state index in [-0.39, 0.29) is 26.2 Å². The van der Waals surface area contributed by atoms with Crippen LogP contribution in [-0.4, -0.2) is 92.3 Å². The molecule has 0 bridgehead atoms. The number of nitrogens with zero attached hydrogens (tertiary/aromatic N) is 2. The molecule has 0 fully saturated rings. The average molecular weight is 484 g/mol. The van der Waals surface area contributed by atoms with E-state index < -0.39 is 44.1 Å². The van der Waals surface area contributed by atoms with Crippen molar-refractivity contribution in [1.29, 1.82) is 0 Å². The summed E-state index contributed by atoms with van der Waals surface area (Å²) in [6.45, 7) is 15.3. The Bertz CT molecular complexity index is 460. The minimum atomic E-state index is -2.60. The predicted octanol–water partition coefficient (Wildman–Crippen LogP) is 2.84. The van der Waals surface area contributed by atoms with Gasteiger partial charge in [0, 0.05) is 30.7 Å². The molecule has 0 aromatic rings. The molecule has 0 saturated heterocycles. The summed E-state index contributed by atoms with van der Waals surface area (Å²) in [4.78, 5) is 3.64. The van der Waals surface area contributed by atoms with Gasteiger partial charge in [-0.3, -0.25) is 9.80 Å². The first-order chi connectivity index (χ1) is 14.8. The first-order valence-electron chi connectivity index (χ1n) is 11.9. The lowest BCUT2D eigenvalue weighted by Crippen LogP contribution is -2.55. The van der Waals surface area contributed by atoms with Crippen LogP contribution in [0, 0.1) is 0 Å². The molecule has 0 heterocycles. The van der Waals surface area contributed by atoms with Crippen LogP contribution in [0.4, 0.5) is 0 Å². The van der Waals surface area contributed by atoms with Crippen molar-refractivity contribution in [2.75, 3.05) is 26.2 Å². The summed E-state index contributed by atoms with van der Waals surface area (Å²) >= 11 is 0. The molecule has 4 unspecified atom stereocenters. The lowest BCUT2D eigenvalue weighted by Gasteiger charge is -2.41. The molecule has 0 aliphatic rings. The van der Waals surface area contributed by atoms with E-state index in [0.29, 0.717) is 25.7 Å². The summed E-state index contributed by atoms with van der Waals surface area (Å²) in [5.41, 5.74) is -1.98. The standard InChI is InChI=1S/C22H48N2O7P/c1-9-21(10-2,23(13-17(5)25)14-18(6)26)30-32(29)31-22(11-3,12-4)24(15-19(7)27)16-20(8)28/h17-20,25-28H,9-16H2,1-8H3/q+1. The zero-order chi connectivity index (χ0) is 25.1. The molecule has 0 aromatic heterocycles. The molecule has 0 saturated carbocycles. The van der Waals surface area contributed by atoms with Crippen molar-refractivity contribution in [2.45, 2.75) is 117 Å². The van der Waals surface area contributed by atoms with Gasteiger partial charge in [-0.1, -0.05) is 36.7 Å². The molecular weight excluding hydrogens is 435 g/mol. The second-order valence-electron chi connectivity index (χ2n) is 8.92. The van der Waals surface area contributed by atoms with Crippen LogP contribution in [0.2, 0.25) is 0 Å². The van der Waals surface area contributed by atoms with Crippen LogP contribution in [-0.2, 0) is 13.6 Å². The van der Waals surface area contributed by atoms with Crippen molar-refractivity contribution in [3.8, 4) is 0 Å². The minimum absolute atomic E-state index is 0.249. The molecule has 0 aromatic carbocycles. The summed E-state index contributed by atoms with van der Waals surface area (Å²) in [5, 5.41) is 40.0. The Morgan fingerprint density at radius 1 is 0.625 bits per heavy atom. The first kappa shape index (κ1) is 31.8. The van der Waals surface area contributed by atoms with Crippen molar-refractivity contribution < 1.29 is 34.0 Å². The van der Waals surface area contributed by atoms with Crippen LogP contribution in [0.1, 0.15) is 81.1 Å². The largest absolute Gasteiger partial charge is 0.701 e. The number of rotatable bonds is 18. The third-order valence-corrected chi connectivity index (χ3v) is 6.77. The SMILES string of the molecule is CCC(CC)(O[P+](=O)OC(CC)(CC)N(CC(C)O)CC(C)O)N(CC(C)O)CC(C)O. The van der Waals surface area contributed by atoms with E-state index >= 15 is 0 Å². The molecule has 0 spiro atoms. The second-order valence-corrected chi connectivity index (χ2v) is 9.73. The number of hydrogen-bond acceptors (Lipinski definition) is 9. The molecule has 0 amide bonds. The van der Waals surface area contributed by atoms with Crippen molar-refractivity contribution >= 4 is 8.25 Å². The maximum Gasteiger partial charge on any atom is 0.701 e. The summed E-state index contributed by atoms with van der Waals surface area (Å²) in [6.07, 6.45) is -0.739. The lowest BCUT2D eigenvalue weighted by atomic mass is 10.0. The smallest absolute Gasteiger partial charge is 0.392 e. The Labute approximate surface area is 195 Å². The third-order valence-electron chi connectivity index (χ3n) is 5.79. The van der Waals surface area contributed by atoms with Gasteiger partial charge in [-0.05, 0) is 53.4 Å². The molecule has 0 radical (unpaired) electrons. The van der Waals surface area contributed by atoms with Gasteiger partial charge < -0.3 is 20.4 Å². The van der Waals surface area contributed by atoms with Crippen molar-refractivity contribution in [1.82, 2.24) is 9.80 Å². The molecule has 32 heavy (non-hydrogen) atoms. The summed E-state index contributed by atoms with van der Waals surface area (Å²) in [6, 6.07) is 0. The van der Waals surface area contributed by atoms with Crippen LogP contribution in [0.5, 0.6) is 0 Å². The third kappa shape index (κ3) is 9.95. The monoisotopic (exact) mass is 483 g/mol. The summed E-state index contributed by atoms with van der Waals surface area (Å²) < 4.78 is 25.4. The fourth-order valence-electron chi connectivity index (χ4n) is 4.15. The molecule has 0 aliphatic carbocycles. The Morgan fingerprint density at radius 2 is 0.844 bits per heavy atom. The van der Waals surface area contributed by atoms with Gasteiger partial charge >= 0.3 is 8.25 Å². The maximum absolute atomic E-state index is 13.3. The Hall–Kier alpha value is -0.220. The Kier molecular flexibility index (Phi) is 14.8. The van der Waals surface area contributed by atoms with Crippen LogP contribution in [0.25, 0.3) is 0 Å². The lowest BCUT2D eigenvalue weighted by molar-refractivity contribution is -0.147. The zero-order valence-corrected chi connectivity index (χ0v) is 22.2. The minimum Gasteiger partial charge on any atom is -0.392 e. The molecule has 0 aliphatic heterocycles. The van der Waals surface area contributed by atoms with Gasteiger partial charge in [-0.15, -0.1) is 0 Å². The van der Waals surface area contributed by atoms with Crippen LogP contribution >= 0.6 is 8.25 Å². The fourth-order valence-corrected chi connectivity index (χ4v) is 5.49. The van der Waals surface area contributed by atoms with E-state index in [9.17, 15) is 25.0 Å². The molecule has 0 rings (SSSR count).